The summed E-state index contributed by atoms with van der Waals surface area (Å²) in [7, 11) is 1.61. The van der Waals surface area contributed by atoms with Crippen molar-refractivity contribution in [3.8, 4) is 17.1 Å². The second kappa shape index (κ2) is 7.21. The zero-order valence-electron chi connectivity index (χ0n) is 14.4. The highest BCUT2D eigenvalue weighted by Crippen LogP contribution is 2.24. The van der Waals surface area contributed by atoms with E-state index in [-0.39, 0.29) is 12.6 Å². The third-order valence-corrected chi connectivity index (χ3v) is 3.72. The van der Waals surface area contributed by atoms with E-state index in [9.17, 15) is 4.79 Å². The van der Waals surface area contributed by atoms with Crippen LogP contribution in [0.5, 0.6) is 5.75 Å². The molecule has 0 radical (unpaired) electrons. The summed E-state index contributed by atoms with van der Waals surface area (Å²) >= 11 is 0. The maximum atomic E-state index is 12.2. The summed E-state index contributed by atoms with van der Waals surface area (Å²) in [5, 5.41) is 3.96. The quantitative estimate of drug-likeness (QED) is 0.649. The lowest BCUT2D eigenvalue weighted by Gasteiger charge is -2.05. The lowest BCUT2D eigenvalue weighted by molar-refractivity contribution is 0.0464. The van der Waals surface area contributed by atoms with Crippen LogP contribution in [0.2, 0.25) is 0 Å². The molecule has 0 saturated heterocycles. The Morgan fingerprint density at radius 1 is 1.08 bits per heavy atom. The molecule has 0 saturated carbocycles. The van der Waals surface area contributed by atoms with Gasteiger partial charge < -0.3 is 14.0 Å². The first-order valence-corrected chi connectivity index (χ1v) is 7.90. The predicted octanol–water partition coefficient (Wildman–Crippen LogP) is 4.32. The van der Waals surface area contributed by atoms with E-state index in [1.165, 1.54) is 0 Å². The number of esters is 1. The fourth-order valence-corrected chi connectivity index (χ4v) is 2.61. The first-order chi connectivity index (χ1) is 12.0. The second-order valence-electron chi connectivity index (χ2n) is 5.87. The van der Waals surface area contributed by atoms with Crippen LogP contribution in [0, 0.1) is 13.8 Å². The molecule has 128 valence electrons. The number of aromatic nitrogens is 1. The molecule has 0 amide bonds. The van der Waals surface area contributed by atoms with E-state index in [0.717, 1.165) is 22.4 Å². The Bertz CT molecular complexity index is 878. The number of carbonyl (C=O) groups is 1. The van der Waals surface area contributed by atoms with Crippen LogP contribution in [-0.4, -0.2) is 18.2 Å². The molecule has 0 aliphatic rings. The Morgan fingerprint density at radius 2 is 1.84 bits per heavy atom. The van der Waals surface area contributed by atoms with E-state index in [1.807, 2.05) is 44.2 Å². The van der Waals surface area contributed by atoms with Gasteiger partial charge in [-0.2, -0.15) is 0 Å². The van der Waals surface area contributed by atoms with Gasteiger partial charge in [-0.1, -0.05) is 34.5 Å². The van der Waals surface area contributed by atoms with E-state index in [0.29, 0.717) is 17.0 Å². The van der Waals surface area contributed by atoms with Gasteiger partial charge in [0.05, 0.1) is 12.7 Å². The Morgan fingerprint density at radius 3 is 2.56 bits per heavy atom. The lowest BCUT2D eigenvalue weighted by Crippen LogP contribution is -2.06. The van der Waals surface area contributed by atoms with Crippen LogP contribution in [0.3, 0.4) is 0 Å². The maximum absolute atomic E-state index is 12.2. The van der Waals surface area contributed by atoms with Crippen LogP contribution < -0.4 is 4.74 Å². The van der Waals surface area contributed by atoms with Gasteiger partial charge >= 0.3 is 5.97 Å². The third kappa shape index (κ3) is 4.07. The van der Waals surface area contributed by atoms with Gasteiger partial charge in [-0.15, -0.1) is 0 Å². The topological polar surface area (TPSA) is 61.6 Å². The van der Waals surface area contributed by atoms with Gasteiger partial charge in [-0.3, -0.25) is 0 Å². The van der Waals surface area contributed by atoms with E-state index >= 15 is 0 Å². The van der Waals surface area contributed by atoms with Crippen molar-refractivity contribution < 1.29 is 18.8 Å². The minimum atomic E-state index is -0.377. The van der Waals surface area contributed by atoms with Crippen LogP contribution in [0.1, 0.15) is 27.2 Å². The van der Waals surface area contributed by atoms with Gasteiger partial charge in [-0.25, -0.2) is 4.79 Å². The largest absolute Gasteiger partial charge is 0.497 e. The summed E-state index contributed by atoms with van der Waals surface area (Å²) in [5.74, 6) is 0.950. The molecule has 1 aromatic heterocycles. The first-order valence-electron chi connectivity index (χ1n) is 7.90. The molecule has 0 aliphatic carbocycles. The summed E-state index contributed by atoms with van der Waals surface area (Å²) in [6.07, 6.45) is 0. The Hall–Kier alpha value is -3.08. The summed E-state index contributed by atoms with van der Waals surface area (Å²) < 4.78 is 15.9. The standard InChI is InChI=1S/C20H19NO4/c1-13-7-14(2)9-16(8-13)20(22)24-12-17-11-19(25-21-17)15-5-4-6-18(10-15)23-3/h4-11H,12H2,1-3H3. The maximum Gasteiger partial charge on any atom is 0.338 e. The highest BCUT2D eigenvalue weighted by atomic mass is 16.5. The summed E-state index contributed by atoms with van der Waals surface area (Å²) in [4.78, 5) is 12.2. The molecular formula is C20H19NO4. The van der Waals surface area contributed by atoms with Gasteiger partial charge in [0.15, 0.2) is 5.76 Å². The number of ether oxygens (including phenoxy) is 2. The average molecular weight is 337 g/mol. The fraction of sp³-hybridized carbons (Fsp3) is 0.200. The van der Waals surface area contributed by atoms with Crippen molar-refractivity contribution in [2.75, 3.05) is 7.11 Å². The number of rotatable bonds is 5. The molecule has 0 aliphatic heterocycles. The molecule has 0 N–H and O–H groups in total. The average Bonchev–Trinajstić information content (AvgIpc) is 3.08. The van der Waals surface area contributed by atoms with Crippen molar-refractivity contribution in [3.63, 3.8) is 0 Å². The predicted molar refractivity (Wildman–Crippen MR) is 93.5 cm³/mol. The van der Waals surface area contributed by atoms with Crippen molar-refractivity contribution in [2.45, 2.75) is 20.5 Å². The van der Waals surface area contributed by atoms with Crippen LogP contribution >= 0.6 is 0 Å². The third-order valence-electron chi connectivity index (χ3n) is 3.72. The molecule has 0 unspecified atom stereocenters. The number of nitrogens with zero attached hydrogens (tertiary/aromatic N) is 1. The lowest BCUT2D eigenvalue weighted by atomic mass is 10.1. The highest BCUT2D eigenvalue weighted by molar-refractivity contribution is 5.89. The number of benzene rings is 2. The van der Waals surface area contributed by atoms with E-state index in [4.69, 9.17) is 14.0 Å². The molecule has 0 atom stereocenters. The van der Waals surface area contributed by atoms with Gasteiger partial charge in [0.1, 0.15) is 18.1 Å². The van der Waals surface area contributed by atoms with Crippen molar-refractivity contribution in [3.05, 3.63) is 70.9 Å². The minimum Gasteiger partial charge on any atom is -0.497 e. The molecule has 0 spiro atoms. The van der Waals surface area contributed by atoms with Gasteiger partial charge in [-0.05, 0) is 38.1 Å². The normalized spacial score (nSPS) is 10.5. The number of carbonyl (C=O) groups excluding carboxylic acids is 1. The number of aryl methyl sites for hydroxylation is 2. The van der Waals surface area contributed by atoms with E-state index in [1.54, 1.807) is 25.3 Å². The van der Waals surface area contributed by atoms with Crippen molar-refractivity contribution in [1.29, 1.82) is 0 Å². The first kappa shape index (κ1) is 16.8. The zero-order valence-corrected chi connectivity index (χ0v) is 14.4. The van der Waals surface area contributed by atoms with Crippen LogP contribution in [0.15, 0.2) is 53.1 Å². The second-order valence-corrected chi connectivity index (χ2v) is 5.87. The highest BCUT2D eigenvalue weighted by Gasteiger charge is 2.12. The molecule has 5 heteroatoms. The van der Waals surface area contributed by atoms with Crippen molar-refractivity contribution in [2.24, 2.45) is 0 Å². The number of methoxy groups -OCH3 is 1. The molecule has 3 rings (SSSR count). The molecule has 25 heavy (non-hydrogen) atoms. The monoisotopic (exact) mass is 337 g/mol. The van der Waals surface area contributed by atoms with Crippen LogP contribution in [-0.2, 0) is 11.3 Å². The molecule has 0 fully saturated rings. The molecule has 5 nitrogen and oxygen atoms in total. The molecule has 2 aromatic carbocycles. The fourth-order valence-electron chi connectivity index (χ4n) is 2.61. The van der Waals surface area contributed by atoms with Crippen LogP contribution in [0.25, 0.3) is 11.3 Å². The van der Waals surface area contributed by atoms with Crippen molar-refractivity contribution in [1.82, 2.24) is 5.16 Å². The van der Waals surface area contributed by atoms with Gasteiger partial charge in [0, 0.05) is 11.6 Å². The summed E-state index contributed by atoms with van der Waals surface area (Å²) in [5.41, 5.74) is 3.98. The molecule has 1 heterocycles. The minimum absolute atomic E-state index is 0.0549. The summed E-state index contributed by atoms with van der Waals surface area (Å²) in [6.45, 7) is 3.95. The Balaban J connectivity index is 1.68. The molecule has 3 aromatic rings. The van der Waals surface area contributed by atoms with Gasteiger partial charge in [0.2, 0.25) is 0 Å². The number of hydrogen-bond donors (Lipinski definition) is 0. The molecular weight excluding hydrogens is 318 g/mol. The van der Waals surface area contributed by atoms with E-state index < -0.39 is 0 Å². The Kier molecular flexibility index (Phi) is 4.84. The van der Waals surface area contributed by atoms with E-state index in [2.05, 4.69) is 5.16 Å². The van der Waals surface area contributed by atoms with Crippen LogP contribution in [0.4, 0.5) is 0 Å². The van der Waals surface area contributed by atoms with Gasteiger partial charge in [0.25, 0.3) is 0 Å². The van der Waals surface area contributed by atoms with Crippen molar-refractivity contribution >= 4 is 5.97 Å². The molecule has 0 bridgehead atoms. The summed E-state index contributed by atoms with van der Waals surface area (Å²) in [6, 6.07) is 14.8. The Labute approximate surface area is 146 Å². The SMILES string of the molecule is COc1cccc(-c2cc(COC(=O)c3cc(C)cc(C)c3)no2)c1. The zero-order chi connectivity index (χ0) is 17.8. The smallest absolute Gasteiger partial charge is 0.338 e. The number of hydrogen-bond acceptors (Lipinski definition) is 5.